The quantitative estimate of drug-likeness (QED) is 0.835. The van der Waals surface area contributed by atoms with Crippen LogP contribution in [-0.4, -0.2) is 6.54 Å². The Hall–Kier alpha value is -0.640. The molecule has 0 aliphatic heterocycles. The Balaban J connectivity index is 2.34. The first-order chi connectivity index (χ1) is 8.74. The summed E-state index contributed by atoms with van der Waals surface area (Å²) in [7, 11) is 0. The summed E-state index contributed by atoms with van der Waals surface area (Å²) in [6.07, 6.45) is 1.08. The van der Waals surface area contributed by atoms with Crippen LogP contribution in [0.3, 0.4) is 0 Å². The van der Waals surface area contributed by atoms with Crippen molar-refractivity contribution in [2.45, 2.75) is 26.3 Å². The van der Waals surface area contributed by atoms with Gasteiger partial charge in [-0.1, -0.05) is 38.1 Å². The van der Waals surface area contributed by atoms with Crippen LogP contribution in [0, 0.1) is 0 Å². The maximum Gasteiger partial charge on any atom is 0.0671 e. The molecule has 1 heterocycles. The lowest BCUT2D eigenvalue weighted by Crippen LogP contribution is -2.21. The van der Waals surface area contributed by atoms with Crippen LogP contribution in [0.2, 0.25) is 0 Å². The minimum absolute atomic E-state index is 0.304. The van der Waals surface area contributed by atoms with Crippen molar-refractivity contribution < 1.29 is 0 Å². The van der Waals surface area contributed by atoms with Gasteiger partial charge in [0.25, 0.3) is 0 Å². The molecule has 0 amide bonds. The summed E-state index contributed by atoms with van der Waals surface area (Å²) in [5.41, 5.74) is 2.75. The molecule has 1 nitrogen and oxygen atoms in total. The maximum absolute atomic E-state index is 3.57. The van der Waals surface area contributed by atoms with Gasteiger partial charge in [-0.05, 0) is 46.1 Å². The van der Waals surface area contributed by atoms with Gasteiger partial charge in [0.05, 0.1) is 6.04 Å². The minimum atomic E-state index is 0.304. The number of hydrogen-bond acceptors (Lipinski definition) is 2. The predicted molar refractivity (Wildman–Crippen MR) is 83.4 cm³/mol. The fraction of sp³-hybridized carbons (Fsp3) is 0.333. The van der Waals surface area contributed by atoms with Crippen molar-refractivity contribution in [3.8, 4) is 0 Å². The predicted octanol–water partition coefficient (Wildman–Crippen LogP) is 4.77. The number of aryl methyl sites for hydroxylation is 1. The molecule has 0 aliphatic carbocycles. The van der Waals surface area contributed by atoms with Gasteiger partial charge in [0.15, 0.2) is 0 Å². The zero-order valence-electron chi connectivity index (χ0n) is 10.7. The average molecular weight is 324 g/mol. The van der Waals surface area contributed by atoms with E-state index >= 15 is 0 Å². The zero-order valence-corrected chi connectivity index (χ0v) is 13.1. The highest BCUT2D eigenvalue weighted by Gasteiger charge is 2.15. The number of thiophene rings is 1. The molecule has 1 atom stereocenters. The van der Waals surface area contributed by atoms with Crippen LogP contribution < -0.4 is 5.32 Å². The maximum atomic E-state index is 3.57. The SMILES string of the molecule is CCNC(c1cccc(CC)c1)c1cc(Br)cs1. The summed E-state index contributed by atoms with van der Waals surface area (Å²) in [5, 5.41) is 5.71. The Morgan fingerprint density at radius 3 is 2.72 bits per heavy atom. The van der Waals surface area contributed by atoms with Crippen LogP contribution in [-0.2, 0) is 6.42 Å². The Bertz CT molecular complexity index is 507. The summed E-state index contributed by atoms with van der Waals surface area (Å²) in [4.78, 5) is 1.36. The Morgan fingerprint density at radius 1 is 1.28 bits per heavy atom. The third-order valence-corrected chi connectivity index (χ3v) is 4.73. The number of hydrogen-bond donors (Lipinski definition) is 1. The van der Waals surface area contributed by atoms with Crippen LogP contribution in [0.5, 0.6) is 0 Å². The molecule has 0 bridgehead atoms. The standard InChI is InChI=1S/C15H18BrNS/c1-3-11-6-5-7-12(8-11)15(17-4-2)14-9-13(16)10-18-14/h5-10,15,17H,3-4H2,1-2H3. The third kappa shape index (κ3) is 3.22. The van der Waals surface area contributed by atoms with E-state index in [4.69, 9.17) is 0 Å². The zero-order chi connectivity index (χ0) is 13.0. The van der Waals surface area contributed by atoms with Gasteiger partial charge in [-0.3, -0.25) is 0 Å². The molecule has 0 saturated carbocycles. The first kappa shape index (κ1) is 13.8. The molecular formula is C15H18BrNS. The lowest BCUT2D eigenvalue weighted by molar-refractivity contribution is 0.639. The van der Waals surface area contributed by atoms with Crippen LogP contribution in [0.25, 0.3) is 0 Å². The van der Waals surface area contributed by atoms with Crippen molar-refractivity contribution >= 4 is 27.3 Å². The molecule has 0 radical (unpaired) electrons. The topological polar surface area (TPSA) is 12.0 Å². The van der Waals surface area contributed by atoms with Gasteiger partial charge in [-0.25, -0.2) is 0 Å². The van der Waals surface area contributed by atoms with Crippen molar-refractivity contribution in [3.63, 3.8) is 0 Å². The molecule has 1 aromatic carbocycles. The summed E-state index contributed by atoms with van der Waals surface area (Å²) in [5.74, 6) is 0. The van der Waals surface area contributed by atoms with Gasteiger partial charge in [-0.2, -0.15) is 0 Å². The fourth-order valence-corrected chi connectivity index (χ4v) is 3.60. The Morgan fingerprint density at radius 2 is 2.11 bits per heavy atom. The van der Waals surface area contributed by atoms with Gasteiger partial charge in [0, 0.05) is 14.7 Å². The Kier molecular flexibility index (Phi) is 4.98. The van der Waals surface area contributed by atoms with E-state index < -0.39 is 0 Å². The van der Waals surface area contributed by atoms with E-state index in [9.17, 15) is 0 Å². The molecule has 0 saturated heterocycles. The lowest BCUT2D eigenvalue weighted by atomic mass is 10.0. The molecule has 1 aromatic heterocycles. The fourth-order valence-electron chi connectivity index (χ4n) is 2.06. The number of benzene rings is 1. The monoisotopic (exact) mass is 323 g/mol. The summed E-state index contributed by atoms with van der Waals surface area (Å²) in [6.45, 7) is 5.32. The number of halogens is 1. The van der Waals surface area contributed by atoms with Crippen LogP contribution in [0.4, 0.5) is 0 Å². The van der Waals surface area contributed by atoms with E-state index in [1.54, 1.807) is 11.3 Å². The van der Waals surface area contributed by atoms with Crippen molar-refractivity contribution in [1.29, 1.82) is 0 Å². The molecule has 2 rings (SSSR count). The van der Waals surface area contributed by atoms with E-state index in [-0.39, 0.29) is 0 Å². The average Bonchev–Trinajstić information content (AvgIpc) is 2.82. The normalized spacial score (nSPS) is 12.6. The smallest absolute Gasteiger partial charge is 0.0671 e. The van der Waals surface area contributed by atoms with Crippen LogP contribution in [0.1, 0.15) is 35.9 Å². The summed E-state index contributed by atoms with van der Waals surface area (Å²) < 4.78 is 1.16. The molecule has 3 heteroatoms. The molecule has 96 valence electrons. The molecular weight excluding hydrogens is 306 g/mol. The van der Waals surface area contributed by atoms with Crippen LogP contribution >= 0.6 is 27.3 Å². The second-order valence-corrected chi connectivity index (χ2v) is 6.12. The third-order valence-electron chi connectivity index (χ3n) is 2.97. The largest absolute Gasteiger partial charge is 0.306 e. The van der Waals surface area contributed by atoms with Crippen molar-refractivity contribution in [3.05, 3.63) is 56.2 Å². The molecule has 1 unspecified atom stereocenters. The summed E-state index contributed by atoms with van der Waals surface area (Å²) >= 11 is 5.33. The molecule has 1 N–H and O–H groups in total. The minimum Gasteiger partial charge on any atom is -0.306 e. The van der Waals surface area contributed by atoms with E-state index in [2.05, 4.69) is 70.8 Å². The molecule has 0 spiro atoms. The van der Waals surface area contributed by atoms with Crippen LogP contribution in [0.15, 0.2) is 40.2 Å². The molecule has 2 aromatic rings. The lowest BCUT2D eigenvalue weighted by Gasteiger charge is -2.17. The van der Waals surface area contributed by atoms with E-state index in [1.165, 1.54) is 16.0 Å². The van der Waals surface area contributed by atoms with Gasteiger partial charge in [0.1, 0.15) is 0 Å². The first-order valence-corrected chi connectivity index (χ1v) is 7.98. The van der Waals surface area contributed by atoms with Crippen molar-refractivity contribution in [2.75, 3.05) is 6.54 Å². The van der Waals surface area contributed by atoms with E-state index in [0.717, 1.165) is 17.4 Å². The van der Waals surface area contributed by atoms with Gasteiger partial charge < -0.3 is 5.32 Å². The highest BCUT2D eigenvalue weighted by Crippen LogP contribution is 2.30. The van der Waals surface area contributed by atoms with Gasteiger partial charge in [-0.15, -0.1) is 11.3 Å². The molecule has 0 fully saturated rings. The molecule has 0 aliphatic rings. The van der Waals surface area contributed by atoms with Gasteiger partial charge in [0.2, 0.25) is 0 Å². The highest BCUT2D eigenvalue weighted by atomic mass is 79.9. The first-order valence-electron chi connectivity index (χ1n) is 6.30. The second kappa shape index (κ2) is 6.50. The second-order valence-electron chi connectivity index (χ2n) is 4.26. The molecule has 18 heavy (non-hydrogen) atoms. The number of nitrogens with one attached hydrogen (secondary N) is 1. The summed E-state index contributed by atoms with van der Waals surface area (Å²) in [6, 6.07) is 11.4. The van der Waals surface area contributed by atoms with E-state index in [0.29, 0.717) is 6.04 Å². The number of rotatable bonds is 5. The Labute approximate surface area is 121 Å². The van der Waals surface area contributed by atoms with Gasteiger partial charge >= 0.3 is 0 Å². The highest BCUT2D eigenvalue weighted by molar-refractivity contribution is 9.10. The van der Waals surface area contributed by atoms with Crippen molar-refractivity contribution in [2.24, 2.45) is 0 Å². The van der Waals surface area contributed by atoms with Crippen molar-refractivity contribution in [1.82, 2.24) is 5.32 Å². The van der Waals surface area contributed by atoms with E-state index in [1.807, 2.05) is 0 Å².